The van der Waals surface area contributed by atoms with Crippen LogP contribution in [0.3, 0.4) is 0 Å². The number of rotatable bonds is 7. The molecule has 0 aliphatic heterocycles. The van der Waals surface area contributed by atoms with Crippen molar-refractivity contribution in [1.29, 1.82) is 0 Å². The molecular formula is C14H26N2O. The second-order valence-electron chi connectivity index (χ2n) is 5.68. The van der Waals surface area contributed by atoms with Crippen LogP contribution in [0.1, 0.15) is 58.3 Å². The smallest absolute Gasteiger partial charge is 0.220 e. The summed E-state index contributed by atoms with van der Waals surface area (Å²) in [4.78, 5) is 11.4. The van der Waals surface area contributed by atoms with Crippen molar-refractivity contribution in [1.82, 2.24) is 10.6 Å². The first-order valence-electron chi connectivity index (χ1n) is 7.30. The van der Waals surface area contributed by atoms with Crippen LogP contribution in [-0.4, -0.2) is 24.5 Å². The van der Waals surface area contributed by atoms with Gasteiger partial charge in [-0.2, -0.15) is 0 Å². The van der Waals surface area contributed by atoms with Gasteiger partial charge in [0.15, 0.2) is 0 Å². The maximum absolute atomic E-state index is 11.4. The van der Waals surface area contributed by atoms with E-state index >= 15 is 0 Å². The van der Waals surface area contributed by atoms with E-state index in [1.165, 1.54) is 38.5 Å². The zero-order chi connectivity index (χ0) is 12.1. The van der Waals surface area contributed by atoms with Crippen molar-refractivity contribution in [2.75, 3.05) is 6.54 Å². The molecule has 2 aliphatic carbocycles. The number of hydrogen-bond acceptors (Lipinski definition) is 2. The maximum atomic E-state index is 11.4. The van der Waals surface area contributed by atoms with Crippen LogP contribution >= 0.6 is 0 Å². The van der Waals surface area contributed by atoms with Crippen LogP contribution in [0, 0.1) is 5.92 Å². The number of nitrogens with one attached hydrogen (secondary N) is 2. The van der Waals surface area contributed by atoms with Crippen molar-refractivity contribution >= 4 is 5.91 Å². The van der Waals surface area contributed by atoms with E-state index in [2.05, 4.69) is 17.6 Å². The summed E-state index contributed by atoms with van der Waals surface area (Å²) >= 11 is 0. The minimum Gasteiger partial charge on any atom is -0.353 e. The molecule has 0 heterocycles. The molecule has 3 heteroatoms. The van der Waals surface area contributed by atoms with Crippen molar-refractivity contribution in [3.8, 4) is 0 Å². The molecule has 2 saturated carbocycles. The van der Waals surface area contributed by atoms with Crippen LogP contribution in [-0.2, 0) is 4.79 Å². The fourth-order valence-electron chi connectivity index (χ4n) is 2.71. The van der Waals surface area contributed by atoms with Crippen molar-refractivity contribution < 1.29 is 4.79 Å². The Morgan fingerprint density at radius 1 is 1.18 bits per heavy atom. The number of carbonyl (C=O) groups is 1. The molecule has 0 aromatic heterocycles. The van der Waals surface area contributed by atoms with Crippen LogP contribution in [0.4, 0.5) is 0 Å². The normalized spacial score (nSPS) is 28.3. The Balaban J connectivity index is 1.47. The second kappa shape index (κ2) is 6.39. The van der Waals surface area contributed by atoms with Gasteiger partial charge in [0.25, 0.3) is 0 Å². The van der Waals surface area contributed by atoms with E-state index in [1.54, 1.807) is 0 Å². The van der Waals surface area contributed by atoms with E-state index in [4.69, 9.17) is 0 Å². The van der Waals surface area contributed by atoms with E-state index in [-0.39, 0.29) is 5.91 Å². The third-order valence-corrected chi connectivity index (χ3v) is 4.07. The molecule has 0 aromatic carbocycles. The molecule has 2 unspecified atom stereocenters. The quantitative estimate of drug-likeness (QED) is 0.668. The molecule has 0 saturated heterocycles. The highest BCUT2D eigenvalue weighted by Gasteiger charge is 2.23. The van der Waals surface area contributed by atoms with Crippen LogP contribution in [0.15, 0.2) is 0 Å². The molecule has 17 heavy (non-hydrogen) atoms. The number of hydrogen-bond donors (Lipinski definition) is 2. The molecule has 2 rings (SSSR count). The monoisotopic (exact) mass is 238 g/mol. The highest BCUT2D eigenvalue weighted by molar-refractivity contribution is 5.76. The van der Waals surface area contributed by atoms with E-state index in [0.29, 0.717) is 18.5 Å². The predicted molar refractivity (Wildman–Crippen MR) is 69.8 cm³/mol. The first kappa shape index (κ1) is 12.9. The molecule has 2 fully saturated rings. The molecule has 3 nitrogen and oxygen atoms in total. The lowest BCUT2D eigenvalue weighted by atomic mass is 10.1. The Morgan fingerprint density at radius 2 is 1.94 bits per heavy atom. The lowest BCUT2D eigenvalue weighted by molar-refractivity contribution is -0.121. The zero-order valence-corrected chi connectivity index (χ0v) is 11.0. The fourth-order valence-corrected chi connectivity index (χ4v) is 2.71. The highest BCUT2D eigenvalue weighted by Crippen LogP contribution is 2.27. The van der Waals surface area contributed by atoms with Gasteiger partial charge in [-0.05, 0) is 51.0 Å². The van der Waals surface area contributed by atoms with E-state index in [1.807, 2.05) is 0 Å². The zero-order valence-electron chi connectivity index (χ0n) is 11.0. The predicted octanol–water partition coefficient (Wildman–Crippen LogP) is 2.21. The second-order valence-corrected chi connectivity index (χ2v) is 5.68. The van der Waals surface area contributed by atoms with Crippen LogP contribution in [0.2, 0.25) is 0 Å². The summed E-state index contributed by atoms with van der Waals surface area (Å²) in [6.07, 6.45) is 9.41. The largest absolute Gasteiger partial charge is 0.353 e. The third-order valence-electron chi connectivity index (χ3n) is 4.07. The summed E-state index contributed by atoms with van der Waals surface area (Å²) in [6, 6.07) is 1.22. The molecule has 2 atom stereocenters. The van der Waals surface area contributed by atoms with Crippen LogP contribution in [0.5, 0.6) is 0 Å². The van der Waals surface area contributed by atoms with Gasteiger partial charge in [-0.3, -0.25) is 4.79 Å². The molecule has 1 amide bonds. The third kappa shape index (κ3) is 4.66. The summed E-state index contributed by atoms with van der Waals surface area (Å²) in [5.74, 6) is 1.18. The fraction of sp³-hybridized carbons (Fsp3) is 0.929. The Bertz CT molecular complexity index is 251. The lowest BCUT2D eigenvalue weighted by Gasteiger charge is -2.12. The van der Waals surface area contributed by atoms with Crippen molar-refractivity contribution in [3.05, 3.63) is 0 Å². The average Bonchev–Trinajstić information content (AvgIpc) is 3.01. The van der Waals surface area contributed by atoms with Gasteiger partial charge in [0.2, 0.25) is 5.91 Å². The minimum atomic E-state index is 0.243. The Hall–Kier alpha value is -0.570. The van der Waals surface area contributed by atoms with Gasteiger partial charge < -0.3 is 10.6 Å². The topological polar surface area (TPSA) is 41.1 Å². The first-order chi connectivity index (χ1) is 8.28. The summed E-state index contributed by atoms with van der Waals surface area (Å²) in [5, 5.41) is 6.62. The van der Waals surface area contributed by atoms with Gasteiger partial charge in [0.1, 0.15) is 0 Å². The van der Waals surface area contributed by atoms with Gasteiger partial charge in [-0.15, -0.1) is 0 Å². The molecule has 0 spiro atoms. The van der Waals surface area contributed by atoms with Gasteiger partial charge >= 0.3 is 0 Å². The van der Waals surface area contributed by atoms with E-state index in [9.17, 15) is 4.79 Å². The lowest BCUT2D eigenvalue weighted by Crippen LogP contribution is -2.30. The van der Waals surface area contributed by atoms with E-state index in [0.717, 1.165) is 18.9 Å². The van der Waals surface area contributed by atoms with Crippen molar-refractivity contribution in [2.24, 2.45) is 5.92 Å². The number of amides is 1. The summed E-state index contributed by atoms with van der Waals surface area (Å²) in [7, 11) is 0. The standard InChI is InChI=1S/C14H26N2O/c1-2-11-5-6-13(10-11)15-9-3-4-14(17)16-12-7-8-12/h11-13,15H,2-10H2,1H3,(H,16,17). The summed E-state index contributed by atoms with van der Waals surface area (Å²) in [6.45, 7) is 3.29. The van der Waals surface area contributed by atoms with E-state index < -0.39 is 0 Å². The van der Waals surface area contributed by atoms with Crippen molar-refractivity contribution in [3.63, 3.8) is 0 Å². The Labute approximate surface area is 105 Å². The van der Waals surface area contributed by atoms with Crippen LogP contribution in [0.25, 0.3) is 0 Å². The number of carbonyl (C=O) groups excluding carboxylic acids is 1. The van der Waals surface area contributed by atoms with Crippen LogP contribution < -0.4 is 10.6 Å². The Morgan fingerprint density at radius 3 is 2.59 bits per heavy atom. The van der Waals surface area contributed by atoms with Crippen molar-refractivity contribution in [2.45, 2.75) is 70.4 Å². The maximum Gasteiger partial charge on any atom is 0.220 e. The Kier molecular flexibility index (Phi) is 4.84. The molecular weight excluding hydrogens is 212 g/mol. The molecule has 2 aliphatic rings. The molecule has 0 radical (unpaired) electrons. The molecule has 98 valence electrons. The van der Waals surface area contributed by atoms with Gasteiger partial charge in [0, 0.05) is 18.5 Å². The molecule has 0 bridgehead atoms. The average molecular weight is 238 g/mol. The summed E-state index contributed by atoms with van der Waals surface area (Å²) in [5.41, 5.74) is 0. The first-order valence-corrected chi connectivity index (χ1v) is 7.30. The van der Waals surface area contributed by atoms with Gasteiger partial charge in [0.05, 0.1) is 0 Å². The highest BCUT2D eigenvalue weighted by atomic mass is 16.1. The summed E-state index contributed by atoms with van der Waals surface area (Å²) < 4.78 is 0. The molecule has 2 N–H and O–H groups in total. The molecule has 0 aromatic rings. The minimum absolute atomic E-state index is 0.243. The van der Waals surface area contributed by atoms with Gasteiger partial charge in [-0.25, -0.2) is 0 Å². The van der Waals surface area contributed by atoms with Gasteiger partial charge in [-0.1, -0.05) is 13.3 Å². The SMILES string of the molecule is CCC1CCC(NCCCC(=O)NC2CC2)C1.